The highest BCUT2D eigenvalue weighted by Gasteiger charge is 2.16. The summed E-state index contributed by atoms with van der Waals surface area (Å²) < 4.78 is 0. The van der Waals surface area contributed by atoms with Crippen molar-refractivity contribution in [3.8, 4) is 0 Å². The van der Waals surface area contributed by atoms with Crippen LogP contribution in [0.5, 0.6) is 0 Å². The van der Waals surface area contributed by atoms with E-state index in [9.17, 15) is 4.79 Å². The van der Waals surface area contributed by atoms with Crippen LogP contribution in [0.15, 0.2) is 36.4 Å². The van der Waals surface area contributed by atoms with E-state index in [2.05, 4.69) is 0 Å². The lowest BCUT2D eigenvalue weighted by atomic mass is 10.2. The molecule has 0 heterocycles. The summed E-state index contributed by atoms with van der Waals surface area (Å²) >= 11 is 0. The third-order valence-electron chi connectivity index (χ3n) is 1.47. The summed E-state index contributed by atoms with van der Waals surface area (Å²) in [6.07, 6.45) is -0.979. The summed E-state index contributed by atoms with van der Waals surface area (Å²) in [6.45, 7) is 1.33. The Morgan fingerprint density at radius 2 is 1.43 bits per heavy atom. The molecule has 0 amide bonds. The predicted octanol–water partition coefficient (Wildman–Crippen LogP) is 0.466. The fourth-order valence-corrected chi connectivity index (χ4v) is 0.591. The van der Waals surface area contributed by atoms with E-state index in [1.807, 2.05) is 36.4 Å². The van der Waals surface area contributed by atoms with E-state index in [-0.39, 0.29) is 0 Å². The molecule has 4 heteroatoms. The van der Waals surface area contributed by atoms with Crippen molar-refractivity contribution < 1.29 is 15.0 Å². The molecule has 2 atom stereocenters. The number of rotatable bonds is 2. The average molecular weight is 197 g/mol. The molecule has 0 radical (unpaired) electrons. The molecule has 0 saturated heterocycles. The largest absolute Gasteiger partial charge is 0.480 e. The van der Waals surface area contributed by atoms with Crippen molar-refractivity contribution in [1.82, 2.24) is 0 Å². The van der Waals surface area contributed by atoms with Crippen molar-refractivity contribution in [2.24, 2.45) is 5.73 Å². The number of aliphatic hydroxyl groups is 1. The summed E-state index contributed by atoms with van der Waals surface area (Å²) in [4.78, 5) is 9.86. The Bertz CT molecular complexity index is 222. The molecular weight excluding hydrogens is 182 g/mol. The van der Waals surface area contributed by atoms with Gasteiger partial charge < -0.3 is 15.9 Å². The molecule has 0 fully saturated rings. The first-order valence-electron chi connectivity index (χ1n) is 4.22. The van der Waals surface area contributed by atoms with Crippen LogP contribution in [0, 0.1) is 0 Å². The average Bonchev–Trinajstić information content (AvgIpc) is 2.20. The van der Waals surface area contributed by atoms with E-state index in [0.29, 0.717) is 0 Å². The third-order valence-corrected chi connectivity index (χ3v) is 1.47. The highest BCUT2D eigenvalue weighted by atomic mass is 16.4. The van der Waals surface area contributed by atoms with Crippen molar-refractivity contribution in [3.05, 3.63) is 36.4 Å². The molecule has 0 aliphatic rings. The second-order valence-corrected chi connectivity index (χ2v) is 2.76. The number of benzene rings is 1. The van der Waals surface area contributed by atoms with Crippen LogP contribution in [0.25, 0.3) is 0 Å². The Hall–Kier alpha value is -1.39. The Morgan fingerprint density at radius 3 is 1.50 bits per heavy atom. The molecule has 78 valence electrons. The number of nitrogens with two attached hydrogens (primary N) is 1. The molecule has 2 unspecified atom stereocenters. The normalized spacial score (nSPS) is 13.4. The van der Waals surface area contributed by atoms with Crippen molar-refractivity contribution in [3.63, 3.8) is 0 Å². The topological polar surface area (TPSA) is 83.5 Å². The number of aliphatic hydroxyl groups excluding tert-OH is 1. The molecule has 0 aromatic heterocycles. The van der Waals surface area contributed by atoms with E-state index in [4.69, 9.17) is 15.9 Å². The highest BCUT2D eigenvalue weighted by Crippen LogP contribution is 1.85. The standard InChI is InChI=1S/C6H6.C4H9NO3/c1-2-4-6-5-3-1;1-2(6)3(5)4(7)8/h1-6H;2-3,6H,5H2,1H3,(H,7,8). The van der Waals surface area contributed by atoms with Crippen LogP contribution in [0.4, 0.5) is 0 Å². The maximum Gasteiger partial charge on any atom is 0.323 e. The van der Waals surface area contributed by atoms with Crippen molar-refractivity contribution >= 4 is 5.97 Å². The second kappa shape index (κ2) is 7.06. The molecule has 0 aliphatic heterocycles. The fraction of sp³-hybridized carbons (Fsp3) is 0.300. The van der Waals surface area contributed by atoms with Crippen molar-refractivity contribution in [1.29, 1.82) is 0 Å². The van der Waals surface area contributed by atoms with Crippen LogP contribution < -0.4 is 5.73 Å². The monoisotopic (exact) mass is 197 g/mol. The lowest BCUT2D eigenvalue weighted by molar-refractivity contribution is -0.140. The SMILES string of the molecule is CC(O)C(N)C(=O)O.c1ccccc1. The lowest BCUT2D eigenvalue weighted by Gasteiger charge is -2.06. The number of carboxylic acid groups (broad SMARTS) is 1. The fourth-order valence-electron chi connectivity index (χ4n) is 0.591. The Balaban J connectivity index is 0.000000249. The Kier molecular flexibility index (Phi) is 6.36. The first kappa shape index (κ1) is 12.6. The first-order valence-corrected chi connectivity index (χ1v) is 4.22. The zero-order valence-electron chi connectivity index (χ0n) is 8.00. The van der Waals surface area contributed by atoms with Gasteiger partial charge in [0.25, 0.3) is 0 Å². The van der Waals surface area contributed by atoms with Gasteiger partial charge in [0.2, 0.25) is 0 Å². The van der Waals surface area contributed by atoms with Crippen LogP contribution >= 0.6 is 0 Å². The first-order chi connectivity index (χ1) is 6.55. The molecule has 4 N–H and O–H groups in total. The van der Waals surface area contributed by atoms with E-state index < -0.39 is 18.1 Å². The molecule has 0 saturated carbocycles. The van der Waals surface area contributed by atoms with Crippen LogP contribution in [0.1, 0.15) is 6.92 Å². The molecular formula is C10H15NO3. The lowest BCUT2D eigenvalue weighted by Crippen LogP contribution is -2.39. The van der Waals surface area contributed by atoms with E-state index in [1.54, 1.807) is 0 Å². The van der Waals surface area contributed by atoms with E-state index in [1.165, 1.54) is 6.92 Å². The summed E-state index contributed by atoms with van der Waals surface area (Å²) in [5.74, 6) is -1.18. The van der Waals surface area contributed by atoms with Gasteiger partial charge in [-0.3, -0.25) is 4.79 Å². The smallest absolute Gasteiger partial charge is 0.323 e. The maximum absolute atomic E-state index is 9.86. The molecule has 0 aliphatic carbocycles. The third kappa shape index (κ3) is 6.16. The van der Waals surface area contributed by atoms with Gasteiger partial charge in [0.1, 0.15) is 6.04 Å². The predicted molar refractivity (Wildman–Crippen MR) is 53.7 cm³/mol. The minimum absolute atomic E-state index is 0.979. The summed E-state index contributed by atoms with van der Waals surface area (Å²) in [5.41, 5.74) is 4.91. The molecule has 4 nitrogen and oxygen atoms in total. The van der Waals surface area contributed by atoms with Crippen molar-refractivity contribution in [2.75, 3.05) is 0 Å². The van der Waals surface area contributed by atoms with E-state index >= 15 is 0 Å². The molecule has 0 bridgehead atoms. The molecule has 1 aromatic carbocycles. The molecule has 1 aromatic rings. The quantitative estimate of drug-likeness (QED) is 0.643. The Morgan fingerprint density at radius 1 is 1.14 bits per heavy atom. The molecule has 0 spiro atoms. The van der Waals surface area contributed by atoms with Gasteiger partial charge in [-0.1, -0.05) is 36.4 Å². The van der Waals surface area contributed by atoms with Crippen LogP contribution in [-0.4, -0.2) is 28.3 Å². The Labute approximate surface area is 83.0 Å². The summed E-state index contributed by atoms with van der Waals surface area (Å²) in [5, 5.41) is 16.6. The number of hydrogen-bond donors (Lipinski definition) is 3. The zero-order chi connectivity index (χ0) is 11.0. The maximum atomic E-state index is 9.86. The van der Waals surface area contributed by atoms with Crippen LogP contribution in [0.2, 0.25) is 0 Å². The number of carbonyl (C=O) groups is 1. The van der Waals surface area contributed by atoms with Gasteiger partial charge in [-0.05, 0) is 6.92 Å². The van der Waals surface area contributed by atoms with Gasteiger partial charge in [-0.2, -0.15) is 0 Å². The van der Waals surface area contributed by atoms with Gasteiger partial charge in [0, 0.05) is 0 Å². The highest BCUT2D eigenvalue weighted by molar-refractivity contribution is 5.73. The van der Waals surface area contributed by atoms with Crippen molar-refractivity contribution in [2.45, 2.75) is 19.1 Å². The summed E-state index contributed by atoms with van der Waals surface area (Å²) in [7, 11) is 0. The number of hydrogen-bond acceptors (Lipinski definition) is 3. The molecule has 1 rings (SSSR count). The van der Waals surface area contributed by atoms with Gasteiger partial charge in [-0.25, -0.2) is 0 Å². The van der Waals surface area contributed by atoms with Crippen LogP contribution in [0.3, 0.4) is 0 Å². The minimum atomic E-state index is -1.18. The summed E-state index contributed by atoms with van der Waals surface area (Å²) in [6, 6.07) is 10.8. The second-order valence-electron chi connectivity index (χ2n) is 2.76. The zero-order valence-corrected chi connectivity index (χ0v) is 8.00. The van der Waals surface area contributed by atoms with Gasteiger partial charge in [-0.15, -0.1) is 0 Å². The van der Waals surface area contributed by atoms with Gasteiger partial charge in [0.05, 0.1) is 6.10 Å². The number of aliphatic carboxylic acids is 1. The molecule has 14 heavy (non-hydrogen) atoms. The van der Waals surface area contributed by atoms with Crippen LogP contribution in [-0.2, 0) is 4.79 Å². The van der Waals surface area contributed by atoms with Gasteiger partial charge in [0.15, 0.2) is 0 Å². The van der Waals surface area contributed by atoms with Gasteiger partial charge >= 0.3 is 5.97 Å². The van der Waals surface area contributed by atoms with E-state index in [0.717, 1.165) is 0 Å². The minimum Gasteiger partial charge on any atom is -0.480 e. The number of carboxylic acids is 1.